The van der Waals surface area contributed by atoms with Gasteiger partial charge in [-0.05, 0) is 42.7 Å². The number of carboxylic acid groups (broad SMARTS) is 1. The number of ether oxygens (including phenoxy) is 1. The number of thioether (sulfide) groups is 1. The predicted molar refractivity (Wildman–Crippen MR) is 122 cm³/mol. The molecular formula is C24H40O4S. The van der Waals surface area contributed by atoms with E-state index in [0.29, 0.717) is 18.6 Å². The first kappa shape index (κ1) is 25.8. The molecule has 4 nitrogen and oxygen atoms in total. The summed E-state index contributed by atoms with van der Waals surface area (Å²) in [6.07, 6.45) is 2.13. The third-order valence-corrected chi connectivity index (χ3v) is 6.45. The van der Waals surface area contributed by atoms with Crippen LogP contribution in [0.15, 0.2) is 17.0 Å². The van der Waals surface area contributed by atoms with Crippen molar-refractivity contribution in [2.75, 3.05) is 0 Å². The Hall–Kier alpha value is -1.20. The molecule has 0 amide bonds. The van der Waals surface area contributed by atoms with Gasteiger partial charge in [0.25, 0.3) is 0 Å². The van der Waals surface area contributed by atoms with E-state index in [2.05, 4.69) is 41.5 Å². The number of carbonyl (C=O) groups is 1. The molecule has 1 aromatic rings. The van der Waals surface area contributed by atoms with Gasteiger partial charge in [0.05, 0.1) is 0 Å². The minimum atomic E-state index is -0.907. The molecule has 0 spiro atoms. The summed E-state index contributed by atoms with van der Waals surface area (Å²) in [4.78, 5) is 12.0. The van der Waals surface area contributed by atoms with Crippen LogP contribution in [0, 0.1) is 0 Å². The Labute approximate surface area is 181 Å². The second-order valence-electron chi connectivity index (χ2n) is 10.0. The summed E-state index contributed by atoms with van der Waals surface area (Å²) in [5.74, 6) is -0.560. The van der Waals surface area contributed by atoms with Crippen LogP contribution >= 0.6 is 11.8 Å². The van der Waals surface area contributed by atoms with Crippen LogP contribution in [0.4, 0.5) is 0 Å². The normalized spacial score (nSPS) is 15.8. The molecule has 2 atom stereocenters. The first-order valence-corrected chi connectivity index (χ1v) is 11.4. The number of aliphatic carboxylic acids is 1. The van der Waals surface area contributed by atoms with Crippen molar-refractivity contribution in [3.63, 3.8) is 0 Å². The molecule has 0 unspecified atom stereocenters. The quantitative estimate of drug-likeness (QED) is 0.334. The Morgan fingerprint density at radius 1 is 1.03 bits per heavy atom. The number of phenols is 1. The van der Waals surface area contributed by atoms with Gasteiger partial charge in [0, 0.05) is 16.0 Å². The molecule has 0 fully saturated rings. The maximum absolute atomic E-state index is 11.7. The Kier molecular flexibility index (Phi) is 8.68. The van der Waals surface area contributed by atoms with Gasteiger partial charge in [-0.15, -0.1) is 0 Å². The third-order valence-electron chi connectivity index (χ3n) is 5.16. The largest absolute Gasteiger partial charge is 0.507 e. The van der Waals surface area contributed by atoms with Crippen LogP contribution in [0.2, 0.25) is 0 Å². The molecule has 166 valence electrons. The van der Waals surface area contributed by atoms with E-state index in [4.69, 9.17) is 4.74 Å². The van der Waals surface area contributed by atoms with Crippen molar-refractivity contribution in [2.24, 2.45) is 0 Å². The first-order chi connectivity index (χ1) is 13.1. The van der Waals surface area contributed by atoms with Gasteiger partial charge < -0.3 is 14.9 Å². The van der Waals surface area contributed by atoms with Crippen LogP contribution in [-0.4, -0.2) is 27.2 Å². The molecule has 0 aliphatic rings. The van der Waals surface area contributed by atoms with Gasteiger partial charge in [0.1, 0.15) is 10.7 Å². The average Bonchev–Trinajstić information content (AvgIpc) is 2.57. The van der Waals surface area contributed by atoms with Gasteiger partial charge >= 0.3 is 5.97 Å². The van der Waals surface area contributed by atoms with Crippen molar-refractivity contribution in [3.05, 3.63) is 23.3 Å². The van der Waals surface area contributed by atoms with E-state index < -0.39 is 17.0 Å². The third kappa shape index (κ3) is 7.21. The molecule has 0 saturated heterocycles. The molecule has 0 saturated carbocycles. The van der Waals surface area contributed by atoms with Gasteiger partial charge in [-0.3, -0.25) is 0 Å². The smallest absolute Gasteiger partial charge is 0.332 e. The zero-order valence-corrected chi connectivity index (χ0v) is 20.5. The molecule has 0 radical (unpaired) electrons. The monoisotopic (exact) mass is 424 g/mol. The number of phenolic OH excluding ortho intramolecular Hbond substituents is 1. The molecule has 0 aliphatic carbocycles. The van der Waals surface area contributed by atoms with E-state index >= 15 is 0 Å². The number of carboxylic acids is 1. The van der Waals surface area contributed by atoms with Gasteiger partial charge in [0.2, 0.25) is 0 Å². The summed E-state index contributed by atoms with van der Waals surface area (Å²) in [5, 5.41) is 20.5. The highest BCUT2D eigenvalue weighted by atomic mass is 32.2. The Morgan fingerprint density at radius 3 is 1.86 bits per heavy atom. The van der Waals surface area contributed by atoms with E-state index in [9.17, 15) is 15.0 Å². The lowest BCUT2D eigenvalue weighted by Gasteiger charge is -2.33. The maximum Gasteiger partial charge on any atom is 0.332 e. The van der Waals surface area contributed by atoms with Crippen LogP contribution in [0.3, 0.4) is 0 Å². The van der Waals surface area contributed by atoms with E-state index in [1.54, 1.807) is 11.8 Å². The van der Waals surface area contributed by atoms with Crippen molar-refractivity contribution in [3.8, 4) is 5.75 Å². The second-order valence-corrected chi connectivity index (χ2v) is 11.6. The highest BCUT2D eigenvalue weighted by molar-refractivity contribution is 8.00. The van der Waals surface area contributed by atoms with Crippen LogP contribution in [0.5, 0.6) is 5.75 Å². The fourth-order valence-electron chi connectivity index (χ4n) is 3.16. The van der Waals surface area contributed by atoms with Crippen LogP contribution in [0.1, 0.15) is 99.1 Å². The fraction of sp³-hybridized carbons (Fsp3) is 0.708. The summed E-state index contributed by atoms with van der Waals surface area (Å²) in [6, 6.07) is 4.04. The molecule has 1 aromatic carbocycles. The van der Waals surface area contributed by atoms with Gasteiger partial charge in [-0.2, -0.15) is 0 Å². The number of unbranched alkanes of at least 4 members (excludes halogenated alkanes) is 1. The standard InChI is InChI=1S/C24H40O4S/c1-10-12-13-19(21(26)27)28-24(9,11-2)29-16-14-17(22(3,4)5)20(25)18(15-16)23(6,7)8/h14-15,19,25H,10-13H2,1-9H3,(H,26,27)/t19-,24+/m0/s1. The number of rotatable bonds is 9. The Morgan fingerprint density at radius 2 is 1.52 bits per heavy atom. The van der Waals surface area contributed by atoms with Crippen molar-refractivity contribution in [1.29, 1.82) is 0 Å². The molecular weight excluding hydrogens is 384 g/mol. The summed E-state index contributed by atoms with van der Waals surface area (Å²) in [6.45, 7) is 18.5. The minimum absolute atomic E-state index is 0.213. The number of hydrogen-bond donors (Lipinski definition) is 2. The van der Waals surface area contributed by atoms with Gasteiger partial charge in [-0.1, -0.05) is 80.0 Å². The number of benzene rings is 1. The molecule has 2 N–H and O–H groups in total. The molecule has 0 aromatic heterocycles. The van der Waals surface area contributed by atoms with Crippen molar-refractivity contribution in [2.45, 2.75) is 115 Å². The zero-order chi connectivity index (χ0) is 22.6. The highest BCUT2D eigenvalue weighted by Gasteiger charge is 2.33. The first-order valence-electron chi connectivity index (χ1n) is 10.6. The highest BCUT2D eigenvalue weighted by Crippen LogP contribution is 2.45. The van der Waals surface area contributed by atoms with Crippen LogP contribution in [-0.2, 0) is 20.4 Å². The zero-order valence-electron chi connectivity index (χ0n) is 19.7. The SMILES string of the molecule is CCCC[C@H](O[C@@](C)(CC)Sc1cc(C(C)(C)C)c(O)c(C(C)(C)C)c1)C(=O)O. The summed E-state index contributed by atoms with van der Waals surface area (Å²) < 4.78 is 6.14. The van der Waals surface area contributed by atoms with E-state index in [-0.39, 0.29) is 10.8 Å². The number of hydrogen-bond acceptors (Lipinski definition) is 4. The van der Waals surface area contributed by atoms with Crippen molar-refractivity contribution >= 4 is 17.7 Å². The second kappa shape index (κ2) is 9.74. The van der Waals surface area contributed by atoms with Crippen LogP contribution in [0.25, 0.3) is 0 Å². The van der Waals surface area contributed by atoms with Crippen molar-refractivity contribution < 1.29 is 19.7 Å². The van der Waals surface area contributed by atoms with Gasteiger partial charge in [0.15, 0.2) is 6.10 Å². The van der Waals surface area contributed by atoms with E-state index in [1.807, 2.05) is 32.9 Å². The minimum Gasteiger partial charge on any atom is -0.507 e. The predicted octanol–water partition coefficient (Wildman–Crippen LogP) is 6.87. The van der Waals surface area contributed by atoms with Crippen molar-refractivity contribution in [1.82, 2.24) is 0 Å². The molecule has 0 aliphatic heterocycles. The lowest BCUT2D eigenvalue weighted by Crippen LogP contribution is -2.35. The molecule has 1 rings (SSSR count). The molecule has 29 heavy (non-hydrogen) atoms. The topological polar surface area (TPSA) is 66.8 Å². The van der Waals surface area contributed by atoms with E-state index in [1.165, 1.54) is 0 Å². The lowest BCUT2D eigenvalue weighted by atomic mass is 9.79. The molecule has 5 heteroatoms. The molecule has 0 bridgehead atoms. The average molecular weight is 425 g/mol. The lowest BCUT2D eigenvalue weighted by molar-refractivity contribution is -0.156. The Bertz CT molecular complexity index is 665. The summed E-state index contributed by atoms with van der Waals surface area (Å²) in [7, 11) is 0. The maximum atomic E-state index is 11.7. The van der Waals surface area contributed by atoms with Gasteiger partial charge in [-0.25, -0.2) is 4.79 Å². The van der Waals surface area contributed by atoms with Crippen LogP contribution < -0.4 is 0 Å². The Balaban J connectivity index is 3.35. The summed E-state index contributed by atoms with van der Waals surface area (Å²) in [5.41, 5.74) is 1.36. The molecule has 0 heterocycles. The fourth-order valence-corrected chi connectivity index (χ4v) is 4.32. The number of aromatic hydroxyl groups is 1. The van der Waals surface area contributed by atoms with E-state index in [0.717, 1.165) is 28.9 Å². The summed E-state index contributed by atoms with van der Waals surface area (Å²) >= 11 is 1.54.